The van der Waals surface area contributed by atoms with Crippen molar-refractivity contribution in [3.05, 3.63) is 41.5 Å². The largest absolute Gasteiger partial charge is 0.360 e. The number of para-hydroxylation sites is 2. The summed E-state index contributed by atoms with van der Waals surface area (Å²) in [5.41, 5.74) is 2.16. The number of aryl methyl sites for hydroxylation is 2. The molecular formula is C23H31N5O4S. The third-order valence-electron chi connectivity index (χ3n) is 6.15. The molecule has 4 rings (SSSR count). The van der Waals surface area contributed by atoms with Crippen molar-refractivity contribution in [2.45, 2.75) is 57.9 Å². The molecule has 0 saturated carbocycles. The van der Waals surface area contributed by atoms with Crippen LogP contribution in [0.4, 0.5) is 0 Å². The standard InChI is InChI=1S/C23H31N5O4S/c1-14(2)13-20(22-24-18-7-5-6-8-19(18)25-22)26-23(29)17-9-11-28(12-10-17)33(30,31)21-15(3)27-32-16(21)4/h5-8,14,17,20H,9-13H2,1-4H3,(H,24,25)(H,26,29)/t20-/m0/s1. The van der Waals surface area contributed by atoms with Crippen LogP contribution >= 0.6 is 0 Å². The summed E-state index contributed by atoms with van der Waals surface area (Å²) < 4.78 is 32.6. The lowest BCUT2D eigenvalue weighted by molar-refractivity contribution is -0.127. The minimum Gasteiger partial charge on any atom is -0.360 e. The number of sulfonamides is 1. The predicted molar refractivity (Wildman–Crippen MR) is 124 cm³/mol. The molecule has 0 radical (unpaired) electrons. The molecule has 0 unspecified atom stereocenters. The Morgan fingerprint density at radius 3 is 2.55 bits per heavy atom. The molecule has 2 aromatic heterocycles. The topological polar surface area (TPSA) is 121 Å². The van der Waals surface area contributed by atoms with Gasteiger partial charge in [0.15, 0.2) is 5.76 Å². The van der Waals surface area contributed by atoms with E-state index in [-0.39, 0.29) is 41.6 Å². The normalized spacial score (nSPS) is 17.0. The number of fused-ring (bicyclic) bond motifs is 1. The zero-order chi connectivity index (χ0) is 23.8. The highest BCUT2D eigenvalue weighted by Crippen LogP contribution is 2.29. The molecule has 3 heterocycles. The second kappa shape index (κ2) is 9.26. The van der Waals surface area contributed by atoms with Gasteiger partial charge in [0.1, 0.15) is 16.4 Å². The van der Waals surface area contributed by atoms with Crippen LogP contribution in [0.5, 0.6) is 0 Å². The Bertz CT molecular complexity index is 1190. The molecule has 0 bridgehead atoms. The van der Waals surface area contributed by atoms with Gasteiger partial charge in [-0.1, -0.05) is 31.1 Å². The molecule has 1 aliphatic heterocycles. The first-order valence-electron chi connectivity index (χ1n) is 11.3. The number of benzene rings is 1. The summed E-state index contributed by atoms with van der Waals surface area (Å²) in [7, 11) is -3.70. The fourth-order valence-electron chi connectivity index (χ4n) is 4.47. The van der Waals surface area contributed by atoms with Crippen molar-refractivity contribution in [3.8, 4) is 0 Å². The molecule has 3 aromatic rings. The van der Waals surface area contributed by atoms with Gasteiger partial charge in [-0.3, -0.25) is 4.79 Å². The number of aromatic nitrogens is 3. The molecule has 178 valence electrons. The zero-order valence-corrected chi connectivity index (χ0v) is 20.3. The van der Waals surface area contributed by atoms with Gasteiger partial charge in [-0.2, -0.15) is 4.31 Å². The molecule has 0 spiro atoms. The van der Waals surface area contributed by atoms with Gasteiger partial charge >= 0.3 is 0 Å². The Morgan fingerprint density at radius 1 is 1.24 bits per heavy atom. The van der Waals surface area contributed by atoms with Crippen molar-refractivity contribution in [3.63, 3.8) is 0 Å². The number of carbonyl (C=O) groups is 1. The van der Waals surface area contributed by atoms with Crippen LogP contribution in [0, 0.1) is 25.7 Å². The molecule has 1 aliphatic rings. The van der Waals surface area contributed by atoms with E-state index in [0.717, 1.165) is 23.3 Å². The number of nitrogens with one attached hydrogen (secondary N) is 2. The van der Waals surface area contributed by atoms with Gasteiger partial charge in [0.05, 0.1) is 17.1 Å². The maximum atomic E-state index is 13.1. The SMILES string of the molecule is Cc1noc(C)c1S(=O)(=O)N1CCC(C(=O)N[C@@H](CC(C)C)c2nc3ccccc3[nH]2)CC1. The van der Waals surface area contributed by atoms with Gasteiger partial charge in [-0.25, -0.2) is 13.4 Å². The molecule has 9 nitrogen and oxygen atoms in total. The number of aromatic amines is 1. The smallest absolute Gasteiger partial charge is 0.248 e. The van der Waals surface area contributed by atoms with E-state index in [1.807, 2.05) is 24.3 Å². The number of amides is 1. The van der Waals surface area contributed by atoms with Gasteiger partial charge in [0, 0.05) is 19.0 Å². The van der Waals surface area contributed by atoms with Crippen molar-refractivity contribution >= 4 is 27.0 Å². The van der Waals surface area contributed by atoms with Crippen molar-refractivity contribution < 1.29 is 17.7 Å². The van der Waals surface area contributed by atoms with Crippen LogP contribution in [0.15, 0.2) is 33.7 Å². The van der Waals surface area contributed by atoms with Gasteiger partial charge in [0.25, 0.3) is 0 Å². The monoisotopic (exact) mass is 473 g/mol. The second-order valence-corrected chi connectivity index (χ2v) is 11.0. The fourth-order valence-corrected chi connectivity index (χ4v) is 6.23. The molecule has 1 amide bonds. The lowest BCUT2D eigenvalue weighted by atomic mass is 9.95. The molecule has 2 N–H and O–H groups in total. The molecule has 1 saturated heterocycles. The van der Waals surface area contributed by atoms with Crippen molar-refractivity contribution in [2.75, 3.05) is 13.1 Å². The van der Waals surface area contributed by atoms with E-state index in [2.05, 4.69) is 34.3 Å². The summed E-state index contributed by atoms with van der Waals surface area (Å²) in [5.74, 6) is 1.09. The Hall–Kier alpha value is -2.72. The van der Waals surface area contributed by atoms with E-state index in [4.69, 9.17) is 4.52 Å². The lowest BCUT2D eigenvalue weighted by Crippen LogP contribution is -2.44. The first-order chi connectivity index (χ1) is 15.7. The van der Waals surface area contributed by atoms with Gasteiger partial charge in [-0.15, -0.1) is 0 Å². The molecule has 0 aliphatic carbocycles. The Kier molecular flexibility index (Phi) is 6.58. The summed E-state index contributed by atoms with van der Waals surface area (Å²) in [4.78, 5) is 21.3. The van der Waals surface area contributed by atoms with Crippen LogP contribution < -0.4 is 5.32 Å². The van der Waals surface area contributed by atoms with Gasteiger partial charge < -0.3 is 14.8 Å². The van der Waals surface area contributed by atoms with Crippen LogP contribution in [-0.4, -0.2) is 46.8 Å². The number of imidazole rings is 1. The van der Waals surface area contributed by atoms with Crippen molar-refractivity contribution in [2.24, 2.45) is 11.8 Å². The summed E-state index contributed by atoms with van der Waals surface area (Å²) >= 11 is 0. The first-order valence-corrected chi connectivity index (χ1v) is 12.8. The number of carbonyl (C=O) groups excluding carboxylic acids is 1. The van der Waals surface area contributed by atoms with E-state index in [1.54, 1.807) is 13.8 Å². The molecular weight excluding hydrogens is 442 g/mol. The summed E-state index contributed by atoms with van der Waals surface area (Å²) in [6, 6.07) is 7.57. The van der Waals surface area contributed by atoms with Crippen molar-refractivity contribution in [1.82, 2.24) is 24.7 Å². The second-order valence-electron chi connectivity index (χ2n) is 9.16. The maximum absolute atomic E-state index is 13.1. The molecule has 10 heteroatoms. The Morgan fingerprint density at radius 2 is 1.94 bits per heavy atom. The number of hydrogen-bond acceptors (Lipinski definition) is 6. The minimum absolute atomic E-state index is 0.0597. The Balaban J connectivity index is 1.44. The van der Waals surface area contributed by atoms with E-state index >= 15 is 0 Å². The van der Waals surface area contributed by atoms with Gasteiger partial charge in [-0.05, 0) is 51.2 Å². The number of piperidine rings is 1. The average Bonchev–Trinajstić information content (AvgIpc) is 3.36. The summed E-state index contributed by atoms with van der Waals surface area (Å²) in [6.45, 7) is 8.00. The number of hydrogen-bond donors (Lipinski definition) is 2. The van der Waals surface area contributed by atoms with Crippen LogP contribution in [-0.2, 0) is 14.8 Å². The predicted octanol–water partition coefficient (Wildman–Crippen LogP) is 3.47. The molecule has 1 atom stereocenters. The fraction of sp³-hybridized carbons (Fsp3) is 0.522. The zero-order valence-electron chi connectivity index (χ0n) is 19.5. The highest BCUT2D eigenvalue weighted by molar-refractivity contribution is 7.89. The van der Waals surface area contributed by atoms with Crippen molar-refractivity contribution in [1.29, 1.82) is 0 Å². The van der Waals surface area contributed by atoms with Crippen LogP contribution in [0.2, 0.25) is 0 Å². The lowest BCUT2D eigenvalue weighted by Gasteiger charge is -2.31. The first kappa shape index (κ1) is 23.4. The molecule has 1 fully saturated rings. The third-order valence-corrected chi connectivity index (χ3v) is 8.30. The minimum atomic E-state index is -3.70. The number of nitrogens with zero attached hydrogens (tertiary/aromatic N) is 3. The van der Waals surface area contributed by atoms with E-state index < -0.39 is 10.0 Å². The quantitative estimate of drug-likeness (QED) is 0.542. The highest BCUT2D eigenvalue weighted by atomic mass is 32.2. The van der Waals surface area contributed by atoms with Crippen LogP contribution in [0.25, 0.3) is 11.0 Å². The molecule has 1 aromatic carbocycles. The summed E-state index contributed by atoms with van der Waals surface area (Å²) in [6.07, 6.45) is 1.68. The average molecular weight is 474 g/mol. The van der Waals surface area contributed by atoms with E-state index in [1.165, 1.54) is 4.31 Å². The maximum Gasteiger partial charge on any atom is 0.248 e. The number of rotatable bonds is 7. The van der Waals surface area contributed by atoms with Gasteiger partial charge in [0.2, 0.25) is 15.9 Å². The highest BCUT2D eigenvalue weighted by Gasteiger charge is 2.36. The third kappa shape index (κ3) is 4.81. The summed E-state index contributed by atoms with van der Waals surface area (Å²) in [5, 5.41) is 6.94. The molecule has 33 heavy (non-hydrogen) atoms. The van der Waals surface area contributed by atoms with Crippen LogP contribution in [0.1, 0.15) is 56.4 Å². The van der Waals surface area contributed by atoms with Crippen LogP contribution in [0.3, 0.4) is 0 Å². The van der Waals surface area contributed by atoms with E-state index in [9.17, 15) is 13.2 Å². The number of H-pyrrole nitrogens is 1. The Labute approximate surface area is 194 Å². The van der Waals surface area contributed by atoms with E-state index in [0.29, 0.717) is 24.5 Å².